The van der Waals surface area contributed by atoms with Gasteiger partial charge in [-0.05, 0) is 24.3 Å². The highest BCUT2D eigenvalue weighted by molar-refractivity contribution is 6.07. The monoisotopic (exact) mass is 380 g/mol. The van der Waals surface area contributed by atoms with Crippen molar-refractivity contribution in [2.24, 2.45) is 0 Å². The molecule has 0 spiro atoms. The number of hydrogen-bond donors (Lipinski definition) is 1. The van der Waals surface area contributed by atoms with Crippen LogP contribution >= 0.6 is 0 Å². The zero-order valence-corrected chi connectivity index (χ0v) is 15.1. The highest BCUT2D eigenvalue weighted by Gasteiger charge is 2.31. The zero-order valence-electron chi connectivity index (χ0n) is 15.1. The molecule has 0 atom stereocenters. The predicted octanol–water partition coefficient (Wildman–Crippen LogP) is 2.81. The summed E-state index contributed by atoms with van der Waals surface area (Å²) in [7, 11) is 2.37. The largest absolute Gasteiger partial charge is 0.478 e. The van der Waals surface area contributed by atoms with Gasteiger partial charge in [-0.1, -0.05) is 30.3 Å². The number of carboxylic acid groups (broad SMARTS) is 1. The Balaban J connectivity index is 2.35. The van der Waals surface area contributed by atoms with Crippen LogP contribution in [-0.2, 0) is 9.47 Å². The van der Waals surface area contributed by atoms with E-state index < -0.39 is 17.9 Å². The predicted molar refractivity (Wildman–Crippen MR) is 98.6 cm³/mol. The van der Waals surface area contributed by atoms with E-state index in [4.69, 9.17) is 9.47 Å². The molecule has 1 heterocycles. The topological polar surface area (TPSA) is 108 Å². The van der Waals surface area contributed by atoms with Crippen LogP contribution in [-0.4, -0.2) is 47.0 Å². The van der Waals surface area contributed by atoms with Gasteiger partial charge in [0.25, 0.3) is 0 Å². The quantitative estimate of drug-likeness (QED) is 0.678. The van der Waals surface area contributed by atoms with E-state index in [1.807, 2.05) is 0 Å². The first-order valence-corrected chi connectivity index (χ1v) is 8.16. The van der Waals surface area contributed by atoms with Crippen molar-refractivity contribution < 1.29 is 29.0 Å². The van der Waals surface area contributed by atoms with E-state index in [2.05, 4.69) is 5.10 Å². The van der Waals surface area contributed by atoms with Crippen LogP contribution in [0, 0.1) is 0 Å². The Morgan fingerprint density at radius 2 is 1.61 bits per heavy atom. The van der Waals surface area contributed by atoms with Gasteiger partial charge in [-0.15, -0.1) is 0 Å². The van der Waals surface area contributed by atoms with Crippen molar-refractivity contribution in [3.63, 3.8) is 0 Å². The number of aromatic nitrogens is 2. The first-order valence-electron chi connectivity index (χ1n) is 8.16. The van der Waals surface area contributed by atoms with Gasteiger partial charge in [-0.3, -0.25) is 0 Å². The third kappa shape index (κ3) is 3.35. The Morgan fingerprint density at radius 1 is 0.929 bits per heavy atom. The van der Waals surface area contributed by atoms with Crippen LogP contribution in [0.25, 0.3) is 16.9 Å². The minimum absolute atomic E-state index is 0.0159. The third-order valence-electron chi connectivity index (χ3n) is 4.04. The molecule has 3 aromatic rings. The van der Waals surface area contributed by atoms with Gasteiger partial charge in [0.1, 0.15) is 11.3 Å². The average Bonchev–Trinajstić information content (AvgIpc) is 3.14. The zero-order chi connectivity index (χ0) is 20.3. The molecule has 0 radical (unpaired) electrons. The van der Waals surface area contributed by atoms with Crippen molar-refractivity contribution in [3.05, 3.63) is 71.4 Å². The van der Waals surface area contributed by atoms with Crippen molar-refractivity contribution >= 4 is 17.9 Å². The normalized spacial score (nSPS) is 10.4. The summed E-state index contributed by atoms with van der Waals surface area (Å²) in [6, 6.07) is 14.6. The summed E-state index contributed by atoms with van der Waals surface area (Å²) >= 11 is 0. The highest BCUT2D eigenvalue weighted by Crippen LogP contribution is 2.29. The fourth-order valence-corrected chi connectivity index (χ4v) is 2.76. The Hall–Kier alpha value is -3.94. The summed E-state index contributed by atoms with van der Waals surface area (Å²) in [6.45, 7) is 0. The first kappa shape index (κ1) is 18.8. The van der Waals surface area contributed by atoms with Gasteiger partial charge in [0.2, 0.25) is 0 Å². The van der Waals surface area contributed by atoms with Crippen molar-refractivity contribution in [1.82, 2.24) is 9.78 Å². The smallest absolute Gasteiger partial charge is 0.357 e. The van der Waals surface area contributed by atoms with Gasteiger partial charge < -0.3 is 14.6 Å². The summed E-state index contributed by atoms with van der Waals surface area (Å²) in [4.78, 5) is 36.3. The average molecular weight is 380 g/mol. The number of hydrogen-bond acceptors (Lipinski definition) is 6. The van der Waals surface area contributed by atoms with Gasteiger partial charge in [0, 0.05) is 5.56 Å². The van der Waals surface area contributed by atoms with Crippen LogP contribution in [0.3, 0.4) is 0 Å². The third-order valence-corrected chi connectivity index (χ3v) is 4.04. The second-order valence-electron chi connectivity index (χ2n) is 5.69. The molecule has 142 valence electrons. The number of methoxy groups -OCH3 is 2. The molecule has 1 N–H and O–H groups in total. The molecule has 8 nitrogen and oxygen atoms in total. The van der Waals surface area contributed by atoms with Crippen molar-refractivity contribution in [2.45, 2.75) is 0 Å². The number of nitrogens with zero attached hydrogens (tertiary/aromatic N) is 2. The molecule has 2 aromatic carbocycles. The molecule has 3 rings (SSSR count). The number of carboxylic acids is 1. The minimum Gasteiger partial charge on any atom is -0.478 e. The first-order chi connectivity index (χ1) is 13.5. The van der Waals surface area contributed by atoms with Gasteiger partial charge >= 0.3 is 17.9 Å². The van der Waals surface area contributed by atoms with Gasteiger partial charge in [-0.2, -0.15) is 5.10 Å². The second kappa shape index (κ2) is 7.75. The van der Waals surface area contributed by atoms with E-state index in [-0.39, 0.29) is 22.5 Å². The molecular formula is C20H16N2O6. The van der Waals surface area contributed by atoms with Gasteiger partial charge in [-0.25, -0.2) is 19.1 Å². The Kier molecular flexibility index (Phi) is 5.21. The van der Waals surface area contributed by atoms with Gasteiger partial charge in [0.15, 0.2) is 5.69 Å². The van der Waals surface area contributed by atoms with Crippen LogP contribution in [0.15, 0.2) is 54.6 Å². The molecule has 0 aliphatic heterocycles. The van der Waals surface area contributed by atoms with E-state index in [0.717, 1.165) is 0 Å². The Labute approximate surface area is 159 Å². The van der Waals surface area contributed by atoms with Crippen LogP contribution in [0.2, 0.25) is 0 Å². The van der Waals surface area contributed by atoms with Crippen molar-refractivity contribution in [3.8, 4) is 16.9 Å². The van der Waals surface area contributed by atoms with Crippen molar-refractivity contribution in [1.29, 1.82) is 0 Å². The van der Waals surface area contributed by atoms with Crippen LogP contribution in [0.5, 0.6) is 0 Å². The minimum atomic E-state index is -1.13. The molecule has 0 unspecified atom stereocenters. The number of para-hydroxylation sites is 1. The van der Waals surface area contributed by atoms with Crippen LogP contribution in [0.4, 0.5) is 0 Å². The summed E-state index contributed by atoms with van der Waals surface area (Å²) in [6.07, 6.45) is 0. The van der Waals surface area contributed by atoms with Crippen LogP contribution < -0.4 is 0 Å². The molecule has 0 aliphatic rings. The fourth-order valence-electron chi connectivity index (χ4n) is 2.76. The molecule has 1 aromatic heterocycles. The number of carbonyl (C=O) groups excluding carboxylic acids is 2. The number of benzene rings is 2. The lowest BCUT2D eigenvalue weighted by Crippen LogP contribution is -2.15. The summed E-state index contributed by atoms with van der Waals surface area (Å²) in [5.74, 6) is -2.70. The van der Waals surface area contributed by atoms with Gasteiger partial charge in [0.05, 0.1) is 25.5 Å². The maximum atomic E-state index is 12.5. The van der Waals surface area contributed by atoms with Crippen LogP contribution in [0.1, 0.15) is 31.2 Å². The van der Waals surface area contributed by atoms with E-state index in [1.54, 1.807) is 36.4 Å². The lowest BCUT2D eigenvalue weighted by atomic mass is 10.0. The summed E-state index contributed by atoms with van der Waals surface area (Å²) in [5, 5.41) is 13.7. The number of aromatic carboxylic acids is 1. The number of ether oxygens (including phenoxy) is 2. The van der Waals surface area contributed by atoms with E-state index >= 15 is 0 Å². The molecular weight excluding hydrogens is 364 g/mol. The number of rotatable bonds is 5. The maximum Gasteiger partial charge on any atom is 0.357 e. The summed E-state index contributed by atoms with van der Waals surface area (Å²) < 4.78 is 11.0. The number of carbonyl (C=O) groups is 3. The summed E-state index contributed by atoms with van der Waals surface area (Å²) in [5.41, 5.74) is 0.771. The van der Waals surface area contributed by atoms with E-state index in [9.17, 15) is 19.5 Å². The van der Waals surface area contributed by atoms with E-state index in [1.165, 1.54) is 37.1 Å². The molecule has 0 fully saturated rings. The standard InChI is InChI=1S/C20H16N2O6/c1-27-19(25)15-16(12-7-6-8-13(11-12)18(23)24)21-22(17(15)20(26)28-2)14-9-4-3-5-10-14/h3-11H,1-2H3,(H,23,24). The highest BCUT2D eigenvalue weighted by atomic mass is 16.5. The van der Waals surface area contributed by atoms with E-state index in [0.29, 0.717) is 11.3 Å². The maximum absolute atomic E-state index is 12.5. The molecule has 0 saturated carbocycles. The number of esters is 2. The lowest BCUT2D eigenvalue weighted by Gasteiger charge is -2.07. The van der Waals surface area contributed by atoms with Crippen molar-refractivity contribution in [2.75, 3.05) is 14.2 Å². The second-order valence-corrected chi connectivity index (χ2v) is 5.69. The molecule has 28 heavy (non-hydrogen) atoms. The molecule has 0 amide bonds. The Bertz CT molecular complexity index is 1060. The molecule has 0 bridgehead atoms. The lowest BCUT2D eigenvalue weighted by molar-refractivity contribution is 0.0549. The fraction of sp³-hybridized carbons (Fsp3) is 0.100. The SMILES string of the molecule is COC(=O)c1c(-c2cccc(C(=O)O)c2)nn(-c2ccccc2)c1C(=O)OC. The Morgan fingerprint density at radius 3 is 2.21 bits per heavy atom. The molecule has 0 saturated heterocycles. The molecule has 0 aliphatic carbocycles. The molecule has 8 heteroatoms.